The predicted octanol–water partition coefficient (Wildman–Crippen LogP) is 2.30. The van der Waals surface area contributed by atoms with Crippen LogP contribution in [0.4, 0.5) is 0 Å². The molecule has 122 valence electrons. The van der Waals surface area contributed by atoms with Crippen molar-refractivity contribution in [3.63, 3.8) is 0 Å². The molecule has 1 heterocycles. The number of nitrogens with two attached hydrogens (primary N) is 1. The predicted molar refractivity (Wildman–Crippen MR) is 91.2 cm³/mol. The van der Waals surface area contributed by atoms with Gasteiger partial charge >= 0.3 is 0 Å². The van der Waals surface area contributed by atoms with Crippen LogP contribution in [-0.4, -0.2) is 28.1 Å². The molecule has 1 aliphatic rings. The lowest BCUT2D eigenvalue weighted by molar-refractivity contribution is 0.100. The first-order valence-electron chi connectivity index (χ1n) is 7.82. The van der Waals surface area contributed by atoms with E-state index in [4.69, 9.17) is 5.73 Å². The van der Waals surface area contributed by atoms with Gasteiger partial charge in [0.15, 0.2) is 0 Å². The molecule has 1 aliphatic carbocycles. The molecule has 0 aliphatic heterocycles. The molecule has 0 bridgehead atoms. The van der Waals surface area contributed by atoms with E-state index in [9.17, 15) is 9.90 Å². The van der Waals surface area contributed by atoms with E-state index >= 15 is 0 Å². The highest BCUT2D eigenvalue weighted by molar-refractivity contribution is 7.13. The molecule has 3 rings (SSSR count). The molecule has 2 aromatic rings. The SMILES string of the molecule is NC(=O)c1ccc(-c2nc(CNC3(CO)CCCC3)cs2)cc1. The van der Waals surface area contributed by atoms with E-state index in [-0.39, 0.29) is 12.1 Å². The zero-order valence-corrected chi connectivity index (χ0v) is 13.7. The summed E-state index contributed by atoms with van der Waals surface area (Å²) in [4.78, 5) is 15.7. The van der Waals surface area contributed by atoms with Crippen LogP contribution in [0, 0.1) is 0 Å². The average Bonchev–Trinajstić information content (AvgIpc) is 3.23. The highest BCUT2D eigenvalue weighted by Gasteiger charge is 2.32. The van der Waals surface area contributed by atoms with Crippen LogP contribution in [0.25, 0.3) is 10.6 Å². The zero-order chi connectivity index (χ0) is 16.3. The molecule has 1 aromatic carbocycles. The number of hydrogen-bond donors (Lipinski definition) is 3. The summed E-state index contributed by atoms with van der Waals surface area (Å²) in [6, 6.07) is 7.16. The van der Waals surface area contributed by atoms with E-state index in [1.807, 2.05) is 17.5 Å². The third kappa shape index (κ3) is 3.60. The van der Waals surface area contributed by atoms with Crippen LogP contribution in [0.1, 0.15) is 41.7 Å². The van der Waals surface area contributed by atoms with Crippen molar-refractivity contribution in [2.24, 2.45) is 5.73 Å². The summed E-state index contributed by atoms with van der Waals surface area (Å²) >= 11 is 1.58. The van der Waals surface area contributed by atoms with Crippen LogP contribution in [0.15, 0.2) is 29.6 Å². The lowest BCUT2D eigenvalue weighted by Crippen LogP contribution is -2.45. The Morgan fingerprint density at radius 1 is 1.30 bits per heavy atom. The van der Waals surface area contributed by atoms with Gasteiger partial charge in [0.25, 0.3) is 0 Å². The van der Waals surface area contributed by atoms with Crippen LogP contribution in [0.5, 0.6) is 0 Å². The molecule has 0 spiro atoms. The number of hydrogen-bond acceptors (Lipinski definition) is 5. The van der Waals surface area contributed by atoms with Gasteiger partial charge in [-0.1, -0.05) is 25.0 Å². The van der Waals surface area contributed by atoms with Gasteiger partial charge in [0, 0.05) is 28.6 Å². The maximum atomic E-state index is 11.1. The average molecular weight is 331 g/mol. The summed E-state index contributed by atoms with van der Waals surface area (Å²) in [6.45, 7) is 0.842. The number of rotatable bonds is 6. The smallest absolute Gasteiger partial charge is 0.248 e. The molecule has 1 aromatic heterocycles. The van der Waals surface area contributed by atoms with Gasteiger partial charge in [-0.05, 0) is 25.0 Å². The largest absolute Gasteiger partial charge is 0.394 e. The second-order valence-electron chi connectivity index (χ2n) is 6.08. The first kappa shape index (κ1) is 16.1. The number of primary amides is 1. The van der Waals surface area contributed by atoms with Crippen molar-refractivity contribution in [3.8, 4) is 10.6 Å². The van der Waals surface area contributed by atoms with Gasteiger partial charge in [-0.15, -0.1) is 11.3 Å². The monoisotopic (exact) mass is 331 g/mol. The molecular weight excluding hydrogens is 310 g/mol. The second-order valence-corrected chi connectivity index (χ2v) is 6.94. The number of aliphatic hydroxyl groups excluding tert-OH is 1. The molecule has 0 unspecified atom stereocenters. The highest BCUT2D eigenvalue weighted by Crippen LogP contribution is 2.30. The van der Waals surface area contributed by atoms with Crippen LogP contribution in [-0.2, 0) is 6.54 Å². The molecule has 0 saturated heterocycles. The minimum atomic E-state index is -0.425. The Morgan fingerprint density at radius 2 is 2.00 bits per heavy atom. The van der Waals surface area contributed by atoms with Gasteiger partial charge in [0.05, 0.1) is 12.3 Å². The number of thiazole rings is 1. The van der Waals surface area contributed by atoms with Gasteiger partial charge in [-0.2, -0.15) is 0 Å². The van der Waals surface area contributed by atoms with Crippen molar-refractivity contribution in [2.75, 3.05) is 6.61 Å². The first-order chi connectivity index (χ1) is 11.1. The van der Waals surface area contributed by atoms with E-state index in [1.54, 1.807) is 23.5 Å². The second kappa shape index (κ2) is 6.78. The van der Waals surface area contributed by atoms with Crippen molar-refractivity contribution in [3.05, 3.63) is 40.9 Å². The van der Waals surface area contributed by atoms with Gasteiger partial charge in [0.2, 0.25) is 5.91 Å². The van der Waals surface area contributed by atoms with Crippen molar-refractivity contribution >= 4 is 17.2 Å². The third-order valence-corrected chi connectivity index (χ3v) is 5.42. The Labute approximate surface area is 139 Å². The van der Waals surface area contributed by atoms with Gasteiger partial charge in [0.1, 0.15) is 5.01 Å². The molecule has 0 atom stereocenters. The number of amides is 1. The standard InChI is InChI=1S/C17H21N3O2S/c18-15(22)12-3-5-13(6-4-12)16-20-14(10-23-16)9-19-17(11-21)7-1-2-8-17/h3-6,10,19,21H,1-2,7-9,11H2,(H2,18,22). The van der Waals surface area contributed by atoms with Crippen molar-refractivity contribution in [1.29, 1.82) is 0 Å². The Morgan fingerprint density at radius 3 is 2.61 bits per heavy atom. The molecule has 0 radical (unpaired) electrons. The number of aromatic nitrogens is 1. The minimum absolute atomic E-state index is 0.132. The summed E-state index contributed by atoms with van der Waals surface area (Å²) in [7, 11) is 0. The topological polar surface area (TPSA) is 88.2 Å². The summed E-state index contributed by atoms with van der Waals surface area (Å²) in [5.41, 5.74) is 7.57. The van der Waals surface area contributed by atoms with Crippen LogP contribution >= 0.6 is 11.3 Å². The van der Waals surface area contributed by atoms with Crippen molar-refractivity contribution in [1.82, 2.24) is 10.3 Å². The van der Waals surface area contributed by atoms with Crippen LogP contribution < -0.4 is 11.1 Å². The summed E-state index contributed by atoms with van der Waals surface area (Å²) in [6.07, 6.45) is 4.38. The molecule has 4 N–H and O–H groups in total. The fourth-order valence-corrected chi connectivity index (χ4v) is 3.84. The van der Waals surface area contributed by atoms with Crippen molar-refractivity contribution in [2.45, 2.75) is 37.8 Å². The fourth-order valence-electron chi connectivity index (χ4n) is 3.02. The number of nitrogens with zero attached hydrogens (tertiary/aromatic N) is 1. The molecule has 23 heavy (non-hydrogen) atoms. The van der Waals surface area contributed by atoms with E-state index in [1.165, 1.54) is 12.8 Å². The molecular formula is C17H21N3O2S. The Hall–Kier alpha value is -1.76. The number of aliphatic hydroxyl groups is 1. The first-order valence-corrected chi connectivity index (χ1v) is 8.70. The Balaban J connectivity index is 1.67. The zero-order valence-electron chi connectivity index (χ0n) is 12.9. The summed E-state index contributed by atoms with van der Waals surface area (Å²) < 4.78 is 0. The van der Waals surface area contributed by atoms with Gasteiger partial charge < -0.3 is 16.2 Å². The fraction of sp³-hybridized carbons (Fsp3) is 0.412. The lowest BCUT2D eigenvalue weighted by atomic mass is 9.99. The quantitative estimate of drug-likeness (QED) is 0.758. The Bertz CT molecular complexity index is 675. The molecule has 1 amide bonds. The number of carbonyl (C=O) groups is 1. The molecule has 1 saturated carbocycles. The molecule has 1 fully saturated rings. The number of carbonyl (C=O) groups excluding carboxylic acids is 1. The Kier molecular flexibility index (Phi) is 4.75. The molecule has 5 nitrogen and oxygen atoms in total. The maximum Gasteiger partial charge on any atom is 0.248 e. The van der Waals surface area contributed by atoms with E-state index < -0.39 is 5.91 Å². The summed E-state index contributed by atoms with van der Waals surface area (Å²) in [5, 5.41) is 16.1. The lowest BCUT2D eigenvalue weighted by Gasteiger charge is -2.27. The number of nitrogens with one attached hydrogen (secondary N) is 1. The maximum absolute atomic E-state index is 11.1. The van der Waals surface area contributed by atoms with Crippen LogP contribution in [0.3, 0.4) is 0 Å². The minimum Gasteiger partial charge on any atom is -0.394 e. The highest BCUT2D eigenvalue weighted by atomic mass is 32.1. The molecule has 6 heteroatoms. The number of benzene rings is 1. The van der Waals surface area contributed by atoms with E-state index in [0.29, 0.717) is 12.1 Å². The van der Waals surface area contributed by atoms with Crippen LogP contribution in [0.2, 0.25) is 0 Å². The third-order valence-electron chi connectivity index (χ3n) is 4.48. The van der Waals surface area contributed by atoms with E-state index in [2.05, 4.69) is 10.3 Å². The van der Waals surface area contributed by atoms with Gasteiger partial charge in [-0.3, -0.25) is 4.79 Å². The summed E-state index contributed by atoms with van der Waals surface area (Å²) in [5.74, 6) is -0.425. The van der Waals surface area contributed by atoms with Gasteiger partial charge in [-0.25, -0.2) is 4.98 Å². The van der Waals surface area contributed by atoms with Crippen molar-refractivity contribution < 1.29 is 9.90 Å². The normalized spacial score (nSPS) is 16.6. The van der Waals surface area contributed by atoms with E-state index in [0.717, 1.165) is 29.1 Å².